The summed E-state index contributed by atoms with van der Waals surface area (Å²) in [4.78, 5) is 8.10. The highest BCUT2D eigenvalue weighted by atomic mass is 79.9. The van der Waals surface area contributed by atoms with Crippen molar-refractivity contribution in [1.82, 2.24) is 9.97 Å². The van der Waals surface area contributed by atoms with Crippen molar-refractivity contribution < 1.29 is 4.74 Å². The molecule has 76 valence electrons. The average molecular weight is 265 g/mol. The Kier molecular flexibility index (Phi) is 2.97. The van der Waals surface area contributed by atoms with Crippen LogP contribution in [0.3, 0.4) is 0 Å². The van der Waals surface area contributed by atoms with Crippen LogP contribution in [0.15, 0.2) is 41.3 Å². The van der Waals surface area contributed by atoms with Gasteiger partial charge >= 0.3 is 0 Å². The monoisotopic (exact) mass is 264 g/mol. The van der Waals surface area contributed by atoms with Crippen molar-refractivity contribution in [3.8, 4) is 11.6 Å². The number of aromatic nitrogens is 2. The molecular weight excluding hydrogens is 256 g/mol. The van der Waals surface area contributed by atoms with E-state index in [1.54, 1.807) is 18.6 Å². The maximum Gasteiger partial charge on any atom is 0.219 e. The van der Waals surface area contributed by atoms with Crippen molar-refractivity contribution in [1.29, 1.82) is 0 Å². The summed E-state index contributed by atoms with van der Waals surface area (Å²) in [5.74, 6) is 1.25. The van der Waals surface area contributed by atoms with Gasteiger partial charge in [-0.05, 0) is 40.5 Å². The summed E-state index contributed by atoms with van der Waals surface area (Å²) in [5, 5.41) is 0. The lowest BCUT2D eigenvalue weighted by molar-refractivity contribution is 0.460. The molecule has 0 aromatic carbocycles. The Morgan fingerprint density at radius 1 is 1.27 bits per heavy atom. The third-order valence-electron chi connectivity index (χ3n) is 1.79. The fourth-order valence-corrected chi connectivity index (χ4v) is 1.48. The average Bonchev–Trinajstić information content (AvgIpc) is 2.17. The Labute approximate surface area is 96.3 Å². The van der Waals surface area contributed by atoms with Gasteiger partial charge < -0.3 is 4.74 Å². The topological polar surface area (TPSA) is 35.0 Å². The summed E-state index contributed by atoms with van der Waals surface area (Å²) in [5.41, 5.74) is 1.11. The first-order chi connectivity index (χ1) is 7.24. The van der Waals surface area contributed by atoms with E-state index in [2.05, 4.69) is 25.9 Å². The molecule has 0 N–H and O–H groups in total. The van der Waals surface area contributed by atoms with Crippen LogP contribution in [-0.2, 0) is 0 Å². The summed E-state index contributed by atoms with van der Waals surface area (Å²) in [6, 6.07) is 5.64. The van der Waals surface area contributed by atoms with Gasteiger partial charge in [0, 0.05) is 22.9 Å². The third-order valence-corrected chi connectivity index (χ3v) is 2.23. The smallest absolute Gasteiger partial charge is 0.219 e. The largest absolute Gasteiger partial charge is 0.437 e. The van der Waals surface area contributed by atoms with Crippen LogP contribution in [0.1, 0.15) is 5.56 Å². The van der Waals surface area contributed by atoms with Gasteiger partial charge in [-0.1, -0.05) is 0 Å². The molecule has 2 aromatic heterocycles. The van der Waals surface area contributed by atoms with Gasteiger partial charge in [-0.3, -0.25) is 4.98 Å². The van der Waals surface area contributed by atoms with Crippen LogP contribution < -0.4 is 4.74 Å². The lowest BCUT2D eigenvalue weighted by Crippen LogP contribution is -1.88. The summed E-state index contributed by atoms with van der Waals surface area (Å²) >= 11 is 3.33. The highest BCUT2D eigenvalue weighted by molar-refractivity contribution is 9.10. The molecule has 0 spiro atoms. The maximum atomic E-state index is 5.54. The molecule has 0 atom stereocenters. The van der Waals surface area contributed by atoms with E-state index in [1.807, 2.05) is 25.1 Å². The van der Waals surface area contributed by atoms with Gasteiger partial charge in [-0.2, -0.15) is 0 Å². The molecule has 15 heavy (non-hydrogen) atoms. The molecule has 0 saturated heterocycles. The van der Waals surface area contributed by atoms with E-state index in [9.17, 15) is 0 Å². The van der Waals surface area contributed by atoms with Crippen LogP contribution in [0, 0.1) is 6.92 Å². The molecule has 2 rings (SSSR count). The lowest BCUT2D eigenvalue weighted by atomic mass is 10.3. The minimum atomic E-state index is 0.579. The predicted octanol–water partition coefficient (Wildman–Crippen LogP) is 3.34. The summed E-state index contributed by atoms with van der Waals surface area (Å²) in [6.45, 7) is 1.99. The van der Waals surface area contributed by atoms with E-state index in [4.69, 9.17) is 4.74 Å². The van der Waals surface area contributed by atoms with E-state index >= 15 is 0 Å². The molecule has 0 fully saturated rings. The van der Waals surface area contributed by atoms with Crippen LogP contribution in [0.4, 0.5) is 0 Å². The Bertz CT molecular complexity index is 430. The van der Waals surface area contributed by atoms with E-state index in [1.165, 1.54) is 0 Å². The summed E-state index contributed by atoms with van der Waals surface area (Å²) in [6.07, 6.45) is 5.07. The molecule has 3 nitrogen and oxygen atoms in total. The number of ether oxygens (including phenoxy) is 1. The standard InChI is InChI=1S/C11H9BrN2O/c1-8-2-3-14-11(4-8)15-10-5-9(12)6-13-7-10/h2-7H,1H3. The number of nitrogens with zero attached hydrogens (tertiary/aromatic N) is 2. The first-order valence-electron chi connectivity index (χ1n) is 4.45. The number of rotatable bonds is 2. The second kappa shape index (κ2) is 4.40. The number of pyridine rings is 2. The molecule has 0 unspecified atom stereocenters. The molecular formula is C11H9BrN2O. The Balaban J connectivity index is 2.22. The minimum absolute atomic E-state index is 0.579. The quantitative estimate of drug-likeness (QED) is 0.835. The first kappa shape index (κ1) is 10.1. The van der Waals surface area contributed by atoms with E-state index in [-0.39, 0.29) is 0 Å². The molecule has 0 bridgehead atoms. The van der Waals surface area contributed by atoms with Gasteiger partial charge in [0.1, 0.15) is 5.75 Å². The van der Waals surface area contributed by atoms with Gasteiger partial charge in [0.05, 0.1) is 6.20 Å². The van der Waals surface area contributed by atoms with Crippen molar-refractivity contribution in [3.05, 3.63) is 46.8 Å². The van der Waals surface area contributed by atoms with Crippen LogP contribution in [0.25, 0.3) is 0 Å². The van der Waals surface area contributed by atoms with Crippen molar-refractivity contribution in [2.24, 2.45) is 0 Å². The van der Waals surface area contributed by atoms with Gasteiger partial charge in [-0.15, -0.1) is 0 Å². The van der Waals surface area contributed by atoms with E-state index in [0.29, 0.717) is 11.6 Å². The van der Waals surface area contributed by atoms with Crippen LogP contribution in [-0.4, -0.2) is 9.97 Å². The Morgan fingerprint density at radius 2 is 2.13 bits per heavy atom. The molecule has 2 aromatic rings. The van der Waals surface area contributed by atoms with Gasteiger partial charge in [0.15, 0.2) is 0 Å². The van der Waals surface area contributed by atoms with Crippen molar-refractivity contribution in [2.45, 2.75) is 6.92 Å². The predicted molar refractivity (Wildman–Crippen MR) is 61.0 cm³/mol. The van der Waals surface area contributed by atoms with Crippen molar-refractivity contribution in [2.75, 3.05) is 0 Å². The second-order valence-corrected chi connectivity index (χ2v) is 4.03. The van der Waals surface area contributed by atoms with E-state index < -0.39 is 0 Å². The van der Waals surface area contributed by atoms with Crippen LogP contribution >= 0.6 is 15.9 Å². The third kappa shape index (κ3) is 2.76. The van der Waals surface area contributed by atoms with Crippen LogP contribution in [0.5, 0.6) is 11.6 Å². The molecule has 0 amide bonds. The van der Waals surface area contributed by atoms with Crippen molar-refractivity contribution in [3.63, 3.8) is 0 Å². The van der Waals surface area contributed by atoms with Crippen LogP contribution in [0.2, 0.25) is 0 Å². The molecule has 0 aliphatic heterocycles. The number of hydrogen-bond acceptors (Lipinski definition) is 3. The molecule has 0 aliphatic rings. The minimum Gasteiger partial charge on any atom is -0.437 e. The molecule has 0 radical (unpaired) electrons. The number of hydrogen-bond donors (Lipinski definition) is 0. The highest BCUT2D eigenvalue weighted by Crippen LogP contribution is 2.21. The zero-order valence-electron chi connectivity index (χ0n) is 8.14. The SMILES string of the molecule is Cc1ccnc(Oc2cncc(Br)c2)c1. The highest BCUT2D eigenvalue weighted by Gasteiger charge is 1.99. The molecule has 0 aliphatic carbocycles. The molecule has 2 heterocycles. The normalized spacial score (nSPS) is 10.0. The second-order valence-electron chi connectivity index (χ2n) is 3.11. The lowest BCUT2D eigenvalue weighted by Gasteiger charge is -2.04. The Hall–Kier alpha value is -1.42. The molecule has 4 heteroatoms. The fraction of sp³-hybridized carbons (Fsp3) is 0.0909. The van der Waals surface area contributed by atoms with E-state index in [0.717, 1.165) is 10.0 Å². The maximum absolute atomic E-state index is 5.54. The summed E-state index contributed by atoms with van der Waals surface area (Å²) < 4.78 is 6.42. The number of halogens is 1. The zero-order chi connectivity index (χ0) is 10.7. The molecule has 0 saturated carbocycles. The Morgan fingerprint density at radius 3 is 2.87 bits per heavy atom. The fourth-order valence-electron chi connectivity index (χ4n) is 1.13. The zero-order valence-corrected chi connectivity index (χ0v) is 9.73. The first-order valence-corrected chi connectivity index (χ1v) is 5.24. The van der Waals surface area contributed by atoms with Gasteiger partial charge in [-0.25, -0.2) is 4.98 Å². The van der Waals surface area contributed by atoms with Gasteiger partial charge in [0.2, 0.25) is 5.88 Å². The van der Waals surface area contributed by atoms with Gasteiger partial charge in [0.25, 0.3) is 0 Å². The van der Waals surface area contributed by atoms with Crippen molar-refractivity contribution >= 4 is 15.9 Å². The summed E-state index contributed by atoms with van der Waals surface area (Å²) in [7, 11) is 0. The number of aryl methyl sites for hydroxylation is 1.